The molecule has 1 saturated heterocycles. The van der Waals surface area contributed by atoms with Gasteiger partial charge in [0.1, 0.15) is 0 Å². The number of nitrogens with one attached hydrogen (secondary N) is 2. The van der Waals surface area contributed by atoms with Crippen LogP contribution in [0.25, 0.3) is 10.9 Å². The molecule has 0 saturated carbocycles. The summed E-state index contributed by atoms with van der Waals surface area (Å²) in [5, 5.41) is 14.7. The van der Waals surface area contributed by atoms with Crippen molar-refractivity contribution < 1.29 is 9.90 Å². The topological polar surface area (TPSA) is 65.1 Å². The van der Waals surface area contributed by atoms with Crippen LogP contribution in [0.15, 0.2) is 18.2 Å². The summed E-state index contributed by atoms with van der Waals surface area (Å²) in [6.07, 6.45) is 6.17. The Morgan fingerprint density at radius 1 is 1.25 bits per heavy atom. The van der Waals surface area contributed by atoms with Gasteiger partial charge in [0.15, 0.2) is 0 Å². The molecule has 4 nitrogen and oxygen atoms in total. The smallest absolute Gasteiger partial charge is 0.251 e. The van der Waals surface area contributed by atoms with Crippen molar-refractivity contribution in [1.29, 1.82) is 0 Å². The maximum absolute atomic E-state index is 12.5. The van der Waals surface area contributed by atoms with Crippen molar-refractivity contribution in [3.8, 4) is 0 Å². The van der Waals surface area contributed by atoms with E-state index in [1.54, 1.807) is 0 Å². The minimum absolute atomic E-state index is 0.0886. The number of fused-ring (bicyclic) bond motifs is 3. The molecule has 0 spiro atoms. The molecule has 1 fully saturated rings. The average molecular weight is 344 g/mol. The number of amides is 1. The molecule has 1 aromatic heterocycles. The first kappa shape index (κ1) is 16.0. The average Bonchev–Trinajstić information content (AvgIpc) is 2.98. The number of rotatable bonds is 3. The van der Waals surface area contributed by atoms with E-state index < -0.39 is 5.60 Å². The number of benzene rings is 1. The maximum Gasteiger partial charge on any atom is 0.251 e. The Morgan fingerprint density at radius 3 is 2.88 bits per heavy atom. The molecule has 0 bridgehead atoms. The summed E-state index contributed by atoms with van der Waals surface area (Å²) in [7, 11) is 0. The van der Waals surface area contributed by atoms with Crippen molar-refractivity contribution >= 4 is 28.6 Å². The summed E-state index contributed by atoms with van der Waals surface area (Å²) < 4.78 is 0. The first-order valence-corrected chi connectivity index (χ1v) is 10.0. The highest BCUT2D eigenvalue weighted by molar-refractivity contribution is 7.99. The Bertz CT molecular complexity index is 762. The second-order valence-corrected chi connectivity index (χ2v) is 8.29. The number of hydrogen-bond acceptors (Lipinski definition) is 3. The fourth-order valence-corrected chi connectivity index (χ4v) is 5.07. The van der Waals surface area contributed by atoms with Crippen molar-refractivity contribution in [2.75, 3.05) is 18.1 Å². The Balaban J connectivity index is 1.51. The third-order valence-electron chi connectivity index (χ3n) is 5.36. The first-order chi connectivity index (χ1) is 11.6. The third kappa shape index (κ3) is 3.07. The summed E-state index contributed by atoms with van der Waals surface area (Å²) >= 11 is 1.87. The van der Waals surface area contributed by atoms with Gasteiger partial charge in [-0.15, -0.1) is 0 Å². The zero-order valence-electron chi connectivity index (χ0n) is 13.9. The normalized spacial score (nSPS) is 19.9. The van der Waals surface area contributed by atoms with Crippen LogP contribution < -0.4 is 5.32 Å². The van der Waals surface area contributed by atoms with Gasteiger partial charge in [-0.05, 0) is 73.8 Å². The molecular formula is C19H24N2O2S. The molecule has 2 aliphatic rings. The molecule has 0 atom stereocenters. The highest BCUT2D eigenvalue weighted by Crippen LogP contribution is 2.30. The van der Waals surface area contributed by atoms with E-state index in [0.717, 1.165) is 42.7 Å². The number of carbonyl (C=O) groups is 1. The number of aromatic amines is 1. The van der Waals surface area contributed by atoms with Crippen LogP contribution in [-0.2, 0) is 12.8 Å². The quantitative estimate of drug-likeness (QED) is 0.802. The van der Waals surface area contributed by atoms with Gasteiger partial charge in [-0.1, -0.05) is 0 Å². The standard InChI is InChI=1S/C19H24N2O2S/c22-18(20-12-19(23)7-9-24-10-8-19)13-5-6-17-15(11-13)14-3-1-2-4-16(14)21-17/h5-6,11,21,23H,1-4,7-10,12H2,(H,20,22). The number of carbonyl (C=O) groups excluding carboxylic acids is 1. The van der Waals surface area contributed by atoms with E-state index in [-0.39, 0.29) is 5.91 Å². The van der Waals surface area contributed by atoms with Crippen LogP contribution in [0.4, 0.5) is 0 Å². The Kier molecular flexibility index (Phi) is 4.31. The molecule has 2 heterocycles. The zero-order valence-corrected chi connectivity index (χ0v) is 14.7. The summed E-state index contributed by atoms with van der Waals surface area (Å²) in [4.78, 5) is 16.0. The summed E-state index contributed by atoms with van der Waals surface area (Å²) in [5.41, 5.74) is 3.79. The third-order valence-corrected chi connectivity index (χ3v) is 6.35. The molecule has 1 aromatic carbocycles. The van der Waals surface area contributed by atoms with Gasteiger partial charge in [-0.25, -0.2) is 0 Å². The van der Waals surface area contributed by atoms with E-state index in [9.17, 15) is 9.90 Å². The van der Waals surface area contributed by atoms with Crippen LogP contribution in [0.2, 0.25) is 0 Å². The number of hydrogen-bond donors (Lipinski definition) is 3. The molecule has 5 heteroatoms. The highest BCUT2D eigenvalue weighted by atomic mass is 32.2. The Labute approximate surface area is 146 Å². The highest BCUT2D eigenvalue weighted by Gasteiger charge is 2.30. The Hall–Kier alpha value is -1.46. The van der Waals surface area contributed by atoms with Crippen molar-refractivity contribution in [2.24, 2.45) is 0 Å². The molecule has 128 valence electrons. The molecule has 1 amide bonds. The predicted octanol–water partition coefficient (Wildman–Crippen LogP) is 3.03. The lowest BCUT2D eigenvalue weighted by Crippen LogP contribution is -2.45. The monoisotopic (exact) mass is 344 g/mol. The number of H-pyrrole nitrogens is 1. The van der Waals surface area contributed by atoms with Crippen molar-refractivity contribution in [3.05, 3.63) is 35.0 Å². The van der Waals surface area contributed by atoms with E-state index in [0.29, 0.717) is 12.1 Å². The lowest BCUT2D eigenvalue weighted by molar-refractivity contribution is 0.0311. The van der Waals surface area contributed by atoms with Gasteiger partial charge >= 0.3 is 0 Å². The summed E-state index contributed by atoms with van der Waals surface area (Å²) in [6.45, 7) is 0.343. The number of aliphatic hydroxyl groups is 1. The van der Waals surface area contributed by atoms with E-state index >= 15 is 0 Å². The molecule has 24 heavy (non-hydrogen) atoms. The van der Waals surface area contributed by atoms with Gasteiger partial charge in [0.05, 0.1) is 5.60 Å². The Morgan fingerprint density at radius 2 is 2.04 bits per heavy atom. The van der Waals surface area contributed by atoms with Crippen LogP contribution in [0.5, 0.6) is 0 Å². The number of aromatic nitrogens is 1. The second kappa shape index (κ2) is 6.45. The largest absolute Gasteiger partial charge is 0.388 e. The van der Waals surface area contributed by atoms with E-state index in [2.05, 4.69) is 10.3 Å². The summed E-state index contributed by atoms with van der Waals surface area (Å²) in [6, 6.07) is 5.89. The van der Waals surface area contributed by atoms with Crippen LogP contribution >= 0.6 is 11.8 Å². The van der Waals surface area contributed by atoms with Gasteiger partial charge in [0.2, 0.25) is 0 Å². The molecular weight excluding hydrogens is 320 g/mol. The van der Waals surface area contributed by atoms with Gasteiger partial charge in [0, 0.05) is 28.7 Å². The van der Waals surface area contributed by atoms with E-state index in [1.807, 2.05) is 30.0 Å². The fraction of sp³-hybridized carbons (Fsp3) is 0.526. The molecule has 1 aliphatic carbocycles. The van der Waals surface area contributed by atoms with Gasteiger partial charge in [0.25, 0.3) is 5.91 Å². The zero-order chi connectivity index (χ0) is 16.6. The summed E-state index contributed by atoms with van der Waals surface area (Å²) in [5.74, 6) is 1.84. The van der Waals surface area contributed by atoms with Crippen LogP contribution in [0.3, 0.4) is 0 Å². The fourth-order valence-electron chi connectivity index (χ4n) is 3.82. The van der Waals surface area contributed by atoms with Gasteiger partial charge in [-0.3, -0.25) is 4.79 Å². The minimum Gasteiger partial charge on any atom is -0.388 e. The SMILES string of the molecule is O=C(NCC1(O)CCSCC1)c1ccc2[nH]c3c(c2c1)CCCC3. The molecule has 3 N–H and O–H groups in total. The maximum atomic E-state index is 12.5. The molecule has 2 aromatic rings. The molecule has 0 radical (unpaired) electrons. The van der Waals surface area contributed by atoms with Crippen molar-refractivity contribution in [3.63, 3.8) is 0 Å². The van der Waals surface area contributed by atoms with Crippen LogP contribution in [0, 0.1) is 0 Å². The van der Waals surface area contributed by atoms with E-state index in [4.69, 9.17) is 0 Å². The predicted molar refractivity (Wildman–Crippen MR) is 98.8 cm³/mol. The van der Waals surface area contributed by atoms with E-state index in [1.165, 1.54) is 29.5 Å². The lowest BCUT2D eigenvalue weighted by atomic mass is 9.95. The van der Waals surface area contributed by atoms with Crippen LogP contribution in [0.1, 0.15) is 47.3 Å². The van der Waals surface area contributed by atoms with Crippen molar-refractivity contribution in [1.82, 2.24) is 10.3 Å². The molecule has 4 rings (SSSR count). The van der Waals surface area contributed by atoms with Gasteiger partial charge in [-0.2, -0.15) is 11.8 Å². The number of thioether (sulfide) groups is 1. The second-order valence-electron chi connectivity index (χ2n) is 7.07. The van der Waals surface area contributed by atoms with Gasteiger partial charge < -0.3 is 15.4 Å². The van der Waals surface area contributed by atoms with Crippen molar-refractivity contribution in [2.45, 2.75) is 44.1 Å². The van der Waals surface area contributed by atoms with Crippen LogP contribution in [-0.4, -0.2) is 39.6 Å². The lowest BCUT2D eigenvalue weighted by Gasteiger charge is -2.31. The minimum atomic E-state index is -0.738. The molecule has 1 aliphatic heterocycles. The molecule has 0 unspecified atom stereocenters. The number of aryl methyl sites for hydroxylation is 2. The first-order valence-electron chi connectivity index (χ1n) is 8.86.